The SMILES string of the molecule is CCCCCCCCCN(CCCCCCCCC)CCCCCC(=O)O. The number of carboxylic acids is 1. The Labute approximate surface area is 170 Å². The Morgan fingerprint density at radius 1 is 0.556 bits per heavy atom. The van der Waals surface area contributed by atoms with Crippen molar-refractivity contribution >= 4 is 5.97 Å². The van der Waals surface area contributed by atoms with E-state index in [4.69, 9.17) is 5.11 Å². The molecule has 0 aliphatic rings. The van der Waals surface area contributed by atoms with Crippen LogP contribution >= 0.6 is 0 Å². The third kappa shape index (κ3) is 21.6. The molecule has 27 heavy (non-hydrogen) atoms. The Morgan fingerprint density at radius 2 is 0.889 bits per heavy atom. The zero-order valence-electron chi connectivity index (χ0n) is 18.7. The first-order valence-corrected chi connectivity index (χ1v) is 12.1. The lowest BCUT2D eigenvalue weighted by molar-refractivity contribution is -0.137. The predicted molar refractivity (Wildman–Crippen MR) is 119 cm³/mol. The summed E-state index contributed by atoms with van der Waals surface area (Å²) in [5.74, 6) is -0.655. The molecule has 0 unspecified atom stereocenters. The summed E-state index contributed by atoms with van der Waals surface area (Å²) in [7, 11) is 0. The van der Waals surface area contributed by atoms with Crippen LogP contribution in [0.4, 0.5) is 0 Å². The van der Waals surface area contributed by atoms with E-state index in [1.807, 2.05) is 0 Å². The smallest absolute Gasteiger partial charge is 0.303 e. The maximum absolute atomic E-state index is 10.6. The van der Waals surface area contributed by atoms with Crippen molar-refractivity contribution in [1.82, 2.24) is 4.90 Å². The first kappa shape index (κ1) is 26.4. The molecule has 3 nitrogen and oxygen atoms in total. The van der Waals surface area contributed by atoms with Crippen molar-refractivity contribution in [3.05, 3.63) is 0 Å². The first-order valence-electron chi connectivity index (χ1n) is 12.1. The molecule has 0 aliphatic heterocycles. The second kappa shape index (κ2) is 21.7. The third-order valence-electron chi connectivity index (χ3n) is 5.52. The number of nitrogens with zero attached hydrogens (tertiary/aromatic N) is 1. The largest absolute Gasteiger partial charge is 0.481 e. The highest BCUT2D eigenvalue weighted by atomic mass is 16.4. The van der Waals surface area contributed by atoms with E-state index in [0.29, 0.717) is 6.42 Å². The lowest BCUT2D eigenvalue weighted by atomic mass is 10.1. The van der Waals surface area contributed by atoms with Crippen molar-refractivity contribution in [3.8, 4) is 0 Å². The molecule has 0 amide bonds. The fourth-order valence-electron chi connectivity index (χ4n) is 3.71. The standard InChI is InChI=1S/C24H49NO2/c1-3-5-7-9-11-13-17-21-25(23-19-15-16-20-24(26)27)22-18-14-12-10-8-6-4-2/h3-23H2,1-2H3,(H,26,27). The monoisotopic (exact) mass is 383 g/mol. The normalized spacial score (nSPS) is 11.4. The van der Waals surface area contributed by atoms with E-state index >= 15 is 0 Å². The van der Waals surface area contributed by atoms with Crippen LogP contribution in [0.25, 0.3) is 0 Å². The molecule has 0 aromatic heterocycles. The molecule has 0 fully saturated rings. The molecule has 0 aromatic rings. The van der Waals surface area contributed by atoms with Gasteiger partial charge in [0, 0.05) is 6.42 Å². The molecule has 0 bridgehead atoms. The minimum atomic E-state index is -0.655. The van der Waals surface area contributed by atoms with Gasteiger partial charge >= 0.3 is 5.97 Å². The summed E-state index contributed by atoms with van der Waals surface area (Å²) in [4.78, 5) is 13.3. The third-order valence-corrected chi connectivity index (χ3v) is 5.52. The van der Waals surface area contributed by atoms with E-state index in [0.717, 1.165) is 25.8 Å². The fourth-order valence-corrected chi connectivity index (χ4v) is 3.71. The Kier molecular flexibility index (Phi) is 21.3. The van der Waals surface area contributed by atoms with Crippen LogP contribution in [0.15, 0.2) is 0 Å². The summed E-state index contributed by atoms with van der Waals surface area (Å²) in [6.45, 7) is 8.19. The molecule has 0 spiro atoms. The summed E-state index contributed by atoms with van der Waals surface area (Å²) >= 11 is 0. The molecule has 0 radical (unpaired) electrons. The second-order valence-electron chi connectivity index (χ2n) is 8.29. The molecule has 0 aromatic carbocycles. The molecular formula is C24H49NO2. The zero-order valence-corrected chi connectivity index (χ0v) is 18.7. The van der Waals surface area contributed by atoms with Gasteiger partial charge in [-0.15, -0.1) is 0 Å². The van der Waals surface area contributed by atoms with Crippen molar-refractivity contribution in [1.29, 1.82) is 0 Å². The summed E-state index contributed by atoms with van der Waals surface area (Å²) in [6.07, 6.45) is 22.6. The number of aliphatic carboxylic acids is 1. The molecule has 0 rings (SSSR count). The highest BCUT2D eigenvalue weighted by Gasteiger charge is 2.05. The topological polar surface area (TPSA) is 40.5 Å². The average molecular weight is 384 g/mol. The van der Waals surface area contributed by atoms with Crippen molar-refractivity contribution in [2.75, 3.05) is 19.6 Å². The average Bonchev–Trinajstić information content (AvgIpc) is 2.65. The molecule has 0 heterocycles. The number of hydrogen-bond acceptors (Lipinski definition) is 2. The molecule has 162 valence electrons. The molecule has 1 N–H and O–H groups in total. The van der Waals surface area contributed by atoms with Crippen molar-refractivity contribution in [2.24, 2.45) is 0 Å². The first-order chi connectivity index (χ1) is 13.2. The van der Waals surface area contributed by atoms with Gasteiger partial charge in [0.1, 0.15) is 0 Å². The van der Waals surface area contributed by atoms with Crippen molar-refractivity contribution in [2.45, 2.75) is 129 Å². The zero-order chi connectivity index (χ0) is 20.0. The van der Waals surface area contributed by atoms with E-state index in [9.17, 15) is 4.79 Å². The molecular weight excluding hydrogens is 334 g/mol. The summed E-state index contributed by atoms with van der Waals surface area (Å²) in [5, 5.41) is 8.75. The van der Waals surface area contributed by atoms with Gasteiger partial charge in [-0.25, -0.2) is 0 Å². The van der Waals surface area contributed by atoms with E-state index in [1.54, 1.807) is 0 Å². The van der Waals surface area contributed by atoms with Crippen LogP contribution in [-0.2, 0) is 4.79 Å². The highest BCUT2D eigenvalue weighted by Crippen LogP contribution is 2.11. The van der Waals surface area contributed by atoms with Crippen LogP contribution in [0.3, 0.4) is 0 Å². The fraction of sp³-hybridized carbons (Fsp3) is 0.958. The van der Waals surface area contributed by atoms with E-state index in [-0.39, 0.29) is 0 Å². The molecule has 3 heteroatoms. The van der Waals surface area contributed by atoms with Gasteiger partial charge in [-0.05, 0) is 45.3 Å². The van der Waals surface area contributed by atoms with Crippen molar-refractivity contribution in [3.63, 3.8) is 0 Å². The Bertz CT molecular complexity index is 289. The van der Waals surface area contributed by atoms with Crippen LogP contribution in [0.1, 0.15) is 129 Å². The Morgan fingerprint density at radius 3 is 1.26 bits per heavy atom. The number of rotatable bonds is 22. The molecule has 0 saturated heterocycles. The van der Waals surface area contributed by atoms with Crippen LogP contribution < -0.4 is 0 Å². The molecule has 0 saturated carbocycles. The van der Waals surface area contributed by atoms with E-state index in [1.165, 1.54) is 103 Å². The van der Waals surface area contributed by atoms with E-state index < -0.39 is 5.97 Å². The highest BCUT2D eigenvalue weighted by molar-refractivity contribution is 5.66. The van der Waals surface area contributed by atoms with Gasteiger partial charge in [-0.3, -0.25) is 4.79 Å². The Hall–Kier alpha value is -0.570. The summed E-state index contributed by atoms with van der Waals surface area (Å²) in [5.41, 5.74) is 0. The quantitative estimate of drug-likeness (QED) is 0.197. The Balaban J connectivity index is 3.83. The lowest BCUT2D eigenvalue weighted by Gasteiger charge is -2.22. The summed E-state index contributed by atoms with van der Waals surface area (Å²) in [6, 6.07) is 0. The number of carboxylic acid groups (broad SMARTS) is 1. The van der Waals surface area contributed by atoms with Crippen LogP contribution in [0, 0.1) is 0 Å². The molecule has 0 atom stereocenters. The number of carbonyl (C=O) groups is 1. The second-order valence-corrected chi connectivity index (χ2v) is 8.29. The van der Waals surface area contributed by atoms with Gasteiger partial charge in [0.15, 0.2) is 0 Å². The van der Waals surface area contributed by atoms with Crippen molar-refractivity contribution < 1.29 is 9.90 Å². The van der Waals surface area contributed by atoms with Crippen LogP contribution in [-0.4, -0.2) is 35.6 Å². The minimum absolute atomic E-state index is 0.329. The van der Waals surface area contributed by atoms with Crippen LogP contribution in [0.2, 0.25) is 0 Å². The van der Waals surface area contributed by atoms with Gasteiger partial charge < -0.3 is 10.0 Å². The van der Waals surface area contributed by atoms with Gasteiger partial charge in [0.2, 0.25) is 0 Å². The predicted octanol–water partition coefficient (Wildman–Crippen LogP) is 7.43. The maximum Gasteiger partial charge on any atom is 0.303 e. The minimum Gasteiger partial charge on any atom is -0.481 e. The maximum atomic E-state index is 10.6. The summed E-state index contributed by atoms with van der Waals surface area (Å²) < 4.78 is 0. The van der Waals surface area contributed by atoms with Crippen LogP contribution in [0.5, 0.6) is 0 Å². The lowest BCUT2D eigenvalue weighted by Crippen LogP contribution is -2.27. The van der Waals surface area contributed by atoms with Gasteiger partial charge in [-0.1, -0.05) is 97.3 Å². The van der Waals surface area contributed by atoms with Gasteiger partial charge in [0.05, 0.1) is 0 Å². The van der Waals surface area contributed by atoms with Gasteiger partial charge in [-0.2, -0.15) is 0 Å². The number of unbranched alkanes of at least 4 members (excludes halogenated alkanes) is 14. The van der Waals surface area contributed by atoms with Gasteiger partial charge in [0.25, 0.3) is 0 Å². The number of hydrogen-bond donors (Lipinski definition) is 1. The molecule has 0 aliphatic carbocycles. The van der Waals surface area contributed by atoms with E-state index in [2.05, 4.69) is 18.7 Å².